The van der Waals surface area contributed by atoms with Crippen LogP contribution in [0.1, 0.15) is 48.4 Å². The minimum absolute atomic E-state index is 0.0198. The Morgan fingerprint density at radius 2 is 1.81 bits per heavy atom. The Labute approximate surface area is 161 Å². The fourth-order valence-electron chi connectivity index (χ4n) is 3.68. The molecule has 1 fully saturated rings. The number of carbonyl (C=O) groups is 2. The van der Waals surface area contributed by atoms with E-state index in [1.807, 2.05) is 51.1 Å². The van der Waals surface area contributed by atoms with E-state index in [1.54, 1.807) is 4.90 Å². The Kier molecular flexibility index (Phi) is 5.36. The molecule has 2 aromatic carbocycles. The van der Waals surface area contributed by atoms with Crippen LogP contribution in [0.3, 0.4) is 0 Å². The predicted molar refractivity (Wildman–Crippen MR) is 110 cm³/mol. The number of amides is 2. The normalized spacial score (nSPS) is 16.9. The maximum atomic E-state index is 12.7. The fraction of sp³-hybridized carbons (Fsp3) is 0.391. The van der Waals surface area contributed by atoms with Gasteiger partial charge in [0.05, 0.1) is 5.92 Å². The summed E-state index contributed by atoms with van der Waals surface area (Å²) in [7, 11) is 0. The smallest absolute Gasteiger partial charge is 0.229 e. The number of anilines is 2. The van der Waals surface area contributed by atoms with Crippen LogP contribution in [-0.4, -0.2) is 18.4 Å². The molecule has 1 aliphatic heterocycles. The third-order valence-corrected chi connectivity index (χ3v) is 5.43. The highest BCUT2D eigenvalue weighted by atomic mass is 16.2. The fourth-order valence-corrected chi connectivity index (χ4v) is 3.68. The first-order chi connectivity index (χ1) is 12.8. The zero-order valence-electron chi connectivity index (χ0n) is 16.8. The molecule has 2 aromatic rings. The molecule has 27 heavy (non-hydrogen) atoms. The van der Waals surface area contributed by atoms with Crippen LogP contribution in [0.5, 0.6) is 0 Å². The Hall–Kier alpha value is -2.62. The van der Waals surface area contributed by atoms with Crippen LogP contribution in [0.2, 0.25) is 0 Å². The molecule has 2 amide bonds. The molecule has 1 saturated heterocycles. The van der Waals surface area contributed by atoms with Crippen molar-refractivity contribution in [1.82, 2.24) is 0 Å². The Balaban J connectivity index is 1.79. The van der Waals surface area contributed by atoms with E-state index in [1.165, 1.54) is 5.56 Å². The van der Waals surface area contributed by atoms with Gasteiger partial charge in [-0.15, -0.1) is 0 Å². The maximum absolute atomic E-state index is 12.7. The number of nitrogens with one attached hydrogen (secondary N) is 1. The molecule has 4 nitrogen and oxygen atoms in total. The maximum Gasteiger partial charge on any atom is 0.229 e. The van der Waals surface area contributed by atoms with E-state index in [4.69, 9.17) is 0 Å². The molecule has 1 heterocycles. The lowest BCUT2D eigenvalue weighted by atomic mass is 9.97. The summed E-state index contributed by atoms with van der Waals surface area (Å²) in [6, 6.07) is 12.0. The summed E-state index contributed by atoms with van der Waals surface area (Å²) >= 11 is 0. The number of rotatable bonds is 4. The van der Waals surface area contributed by atoms with Crippen molar-refractivity contribution in [2.24, 2.45) is 5.92 Å². The third kappa shape index (κ3) is 3.90. The Morgan fingerprint density at radius 3 is 2.48 bits per heavy atom. The van der Waals surface area contributed by atoms with Crippen LogP contribution in [0.15, 0.2) is 36.4 Å². The lowest BCUT2D eigenvalue weighted by Crippen LogP contribution is -2.29. The van der Waals surface area contributed by atoms with Gasteiger partial charge in [-0.3, -0.25) is 9.59 Å². The van der Waals surface area contributed by atoms with Gasteiger partial charge < -0.3 is 10.2 Å². The monoisotopic (exact) mass is 364 g/mol. The number of carbonyl (C=O) groups excluding carboxylic acids is 2. The van der Waals surface area contributed by atoms with Gasteiger partial charge in [0.1, 0.15) is 0 Å². The summed E-state index contributed by atoms with van der Waals surface area (Å²) in [6.07, 6.45) is 0.253. The summed E-state index contributed by atoms with van der Waals surface area (Å²) in [4.78, 5) is 27.3. The first-order valence-electron chi connectivity index (χ1n) is 9.56. The molecule has 0 radical (unpaired) electrons. The minimum Gasteiger partial charge on any atom is -0.326 e. The highest BCUT2D eigenvalue weighted by Gasteiger charge is 2.36. The van der Waals surface area contributed by atoms with Crippen molar-refractivity contribution in [2.75, 3.05) is 16.8 Å². The summed E-state index contributed by atoms with van der Waals surface area (Å²) in [5.74, 6) is -0.0879. The topological polar surface area (TPSA) is 49.4 Å². The molecule has 0 aliphatic carbocycles. The zero-order valence-corrected chi connectivity index (χ0v) is 16.8. The van der Waals surface area contributed by atoms with E-state index >= 15 is 0 Å². The first-order valence-corrected chi connectivity index (χ1v) is 9.56. The van der Waals surface area contributed by atoms with Crippen molar-refractivity contribution in [1.29, 1.82) is 0 Å². The average molecular weight is 364 g/mol. The Morgan fingerprint density at radius 1 is 1.07 bits per heavy atom. The van der Waals surface area contributed by atoms with Crippen molar-refractivity contribution in [3.63, 3.8) is 0 Å². The van der Waals surface area contributed by atoms with E-state index in [0.717, 1.165) is 28.1 Å². The molecule has 1 atom stereocenters. The molecule has 1 aliphatic rings. The highest BCUT2D eigenvalue weighted by Crippen LogP contribution is 2.35. The second-order valence-corrected chi connectivity index (χ2v) is 7.86. The molecule has 0 aromatic heterocycles. The number of hydrogen-bond donors (Lipinski definition) is 1. The molecule has 0 bridgehead atoms. The van der Waals surface area contributed by atoms with E-state index in [0.29, 0.717) is 12.5 Å². The van der Waals surface area contributed by atoms with E-state index in [2.05, 4.69) is 25.2 Å². The molecular weight excluding hydrogens is 336 g/mol. The average Bonchev–Trinajstić information content (AvgIpc) is 2.99. The van der Waals surface area contributed by atoms with Crippen LogP contribution < -0.4 is 10.2 Å². The van der Waals surface area contributed by atoms with Gasteiger partial charge in [0.15, 0.2) is 0 Å². The van der Waals surface area contributed by atoms with Crippen molar-refractivity contribution in [3.05, 3.63) is 58.7 Å². The van der Waals surface area contributed by atoms with Gasteiger partial charge >= 0.3 is 0 Å². The predicted octanol–water partition coefficient (Wildman–Crippen LogP) is 4.73. The van der Waals surface area contributed by atoms with Crippen molar-refractivity contribution >= 4 is 23.2 Å². The number of para-hydroxylation sites is 1. The van der Waals surface area contributed by atoms with Gasteiger partial charge in [-0.1, -0.05) is 38.1 Å². The number of hydrogen-bond acceptors (Lipinski definition) is 2. The summed E-state index contributed by atoms with van der Waals surface area (Å²) in [5.41, 5.74) is 6.31. The standard InChI is InChI=1S/C23H28N2O2/c1-14(2)20-8-6-7-16(4)22(20)25-13-18(12-21(25)26)23(27)24-19-10-9-15(3)17(5)11-19/h6-11,14,18H,12-13H2,1-5H3,(H,24,27). The third-order valence-electron chi connectivity index (χ3n) is 5.43. The van der Waals surface area contributed by atoms with Crippen LogP contribution in [0.4, 0.5) is 11.4 Å². The van der Waals surface area contributed by atoms with Gasteiger partial charge in [-0.2, -0.15) is 0 Å². The lowest BCUT2D eigenvalue weighted by Gasteiger charge is -2.24. The van der Waals surface area contributed by atoms with E-state index in [9.17, 15) is 9.59 Å². The molecule has 3 rings (SSSR count). The highest BCUT2D eigenvalue weighted by molar-refractivity contribution is 6.04. The molecule has 0 saturated carbocycles. The number of nitrogens with zero attached hydrogens (tertiary/aromatic N) is 1. The molecule has 142 valence electrons. The Bertz CT molecular complexity index is 886. The summed E-state index contributed by atoms with van der Waals surface area (Å²) in [6.45, 7) is 10.8. The molecule has 1 unspecified atom stereocenters. The summed E-state index contributed by atoms with van der Waals surface area (Å²) < 4.78 is 0. The second-order valence-electron chi connectivity index (χ2n) is 7.86. The molecule has 1 N–H and O–H groups in total. The summed E-state index contributed by atoms with van der Waals surface area (Å²) in [5, 5.41) is 2.98. The van der Waals surface area contributed by atoms with Gasteiger partial charge in [0, 0.05) is 24.3 Å². The lowest BCUT2D eigenvalue weighted by molar-refractivity contribution is -0.122. The van der Waals surface area contributed by atoms with Crippen molar-refractivity contribution < 1.29 is 9.59 Å². The largest absolute Gasteiger partial charge is 0.326 e. The zero-order chi connectivity index (χ0) is 19.7. The van der Waals surface area contributed by atoms with Crippen LogP contribution in [0.25, 0.3) is 0 Å². The first kappa shape index (κ1) is 19.2. The van der Waals surface area contributed by atoms with Gasteiger partial charge in [0.2, 0.25) is 11.8 Å². The van der Waals surface area contributed by atoms with Gasteiger partial charge in [0.25, 0.3) is 0 Å². The van der Waals surface area contributed by atoms with Crippen LogP contribution >= 0.6 is 0 Å². The van der Waals surface area contributed by atoms with Crippen molar-refractivity contribution in [3.8, 4) is 0 Å². The van der Waals surface area contributed by atoms with Crippen LogP contribution in [-0.2, 0) is 9.59 Å². The SMILES string of the molecule is Cc1ccc(NC(=O)C2CC(=O)N(c3c(C)cccc3C(C)C)C2)cc1C. The molecule has 4 heteroatoms. The van der Waals surface area contributed by atoms with E-state index < -0.39 is 0 Å². The van der Waals surface area contributed by atoms with Gasteiger partial charge in [-0.25, -0.2) is 0 Å². The second kappa shape index (κ2) is 7.55. The molecule has 0 spiro atoms. The van der Waals surface area contributed by atoms with Crippen LogP contribution in [0, 0.1) is 26.7 Å². The van der Waals surface area contributed by atoms with Gasteiger partial charge in [-0.05, 0) is 61.1 Å². The quantitative estimate of drug-likeness (QED) is 0.853. The molecular formula is C23H28N2O2. The number of benzene rings is 2. The van der Waals surface area contributed by atoms with E-state index in [-0.39, 0.29) is 24.2 Å². The number of aryl methyl sites for hydroxylation is 3. The minimum atomic E-state index is -0.335. The van der Waals surface area contributed by atoms with Crippen molar-refractivity contribution in [2.45, 2.75) is 47.0 Å².